The molecule has 0 saturated carbocycles. The molecule has 0 spiro atoms. The highest BCUT2D eigenvalue weighted by Crippen LogP contribution is 2.27. The summed E-state index contributed by atoms with van der Waals surface area (Å²) in [5.74, 6) is -0.228. The summed E-state index contributed by atoms with van der Waals surface area (Å²) in [6.07, 6.45) is 0. The van der Waals surface area contributed by atoms with Crippen LogP contribution < -0.4 is 11.5 Å². The van der Waals surface area contributed by atoms with E-state index in [0.717, 1.165) is 11.1 Å². The van der Waals surface area contributed by atoms with Crippen molar-refractivity contribution in [2.75, 3.05) is 11.5 Å². The maximum Gasteiger partial charge on any atom is 0.311 e. The van der Waals surface area contributed by atoms with E-state index in [2.05, 4.69) is 15.0 Å². The summed E-state index contributed by atoms with van der Waals surface area (Å²) in [6.45, 7) is 0. The summed E-state index contributed by atoms with van der Waals surface area (Å²) in [7, 11) is 0. The zero-order chi connectivity index (χ0) is 31.5. The molecule has 0 aliphatic carbocycles. The lowest BCUT2D eigenvalue weighted by Crippen LogP contribution is -1.99. The van der Waals surface area contributed by atoms with Crippen LogP contribution in [0.25, 0.3) is 22.5 Å². The highest BCUT2D eigenvalue weighted by molar-refractivity contribution is 6.31. The zero-order valence-corrected chi connectivity index (χ0v) is 23.3. The Bertz CT molecular complexity index is 1660. The van der Waals surface area contributed by atoms with Gasteiger partial charge in [-0.1, -0.05) is 83.9 Å². The quantitative estimate of drug-likeness (QED) is 0.118. The third kappa shape index (κ3) is 8.88. The average Bonchev–Trinajstić information content (AvgIpc) is 2.98. The van der Waals surface area contributed by atoms with Gasteiger partial charge in [-0.15, -0.1) is 0 Å². The van der Waals surface area contributed by atoms with E-state index < -0.39 is 14.8 Å². The molecule has 0 amide bonds. The van der Waals surface area contributed by atoms with Gasteiger partial charge in [-0.25, -0.2) is 15.0 Å². The molecule has 0 atom stereocenters. The minimum atomic E-state index is -0.612. The Morgan fingerprint density at radius 3 is 1.30 bits per heavy atom. The normalized spacial score (nSPS) is 9.91. The molecule has 0 bridgehead atoms. The Kier molecular flexibility index (Phi) is 10.9. The Morgan fingerprint density at radius 1 is 0.512 bits per heavy atom. The molecule has 43 heavy (non-hydrogen) atoms. The Labute approximate surface area is 253 Å². The van der Waals surface area contributed by atoms with Gasteiger partial charge in [0.15, 0.2) is 0 Å². The number of benzene rings is 2. The molecule has 0 saturated heterocycles. The number of rotatable bonds is 5. The number of pyridine rings is 3. The van der Waals surface area contributed by atoms with E-state index in [1.807, 2.05) is 60.7 Å². The van der Waals surface area contributed by atoms with Gasteiger partial charge < -0.3 is 11.5 Å². The molecule has 5 rings (SSSR count). The molecule has 0 unspecified atom stereocenters. The average molecular weight is 623 g/mol. The van der Waals surface area contributed by atoms with Crippen LogP contribution >= 0.6 is 23.2 Å². The first kappa shape index (κ1) is 31.8. The van der Waals surface area contributed by atoms with Crippen molar-refractivity contribution in [2.45, 2.75) is 0 Å². The third-order valence-corrected chi connectivity index (χ3v) is 5.82. The topological polar surface area (TPSA) is 220 Å². The summed E-state index contributed by atoms with van der Waals surface area (Å²) in [6, 6.07) is 27.1. The highest BCUT2D eigenvalue weighted by atomic mass is 35.5. The number of nitro groups is 3. The first-order valence-electron chi connectivity index (χ1n) is 11.9. The minimum absolute atomic E-state index is 0.0636. The molecule has 3 aromatic heterocycles. The number of halogens is 2. The second-order valence-electron chi connectivity index (χ2n) is 8.15. The van der Waals surface area contributed by atoms with E-state index in [9.17, 15) is 30.3 Å². The van der Waals surface area contributed by atoms with Crippen molar-refractivity contribution in [3.05, 3.63) is 138 Å². The van der Waals surface area contributed by atoms with Crippen molar-refractivity contribution in [3.63, 3.8) is 0 Å². The van der Waals surface area contributed by atoms with E-state index in [-0.39, 0.29) is 39.0 Å². The SMILES string of the molecule is Nc1nc(-c2ccccc2)ccc1[N+](=O)[O-].Nc1nc(Cl)ccc1[N+](=O)[O-].O=[N+]([O-])c1ccc(-c2ccccc2)nc1Cl. The molecule has 14 nitrogen and oxygen atoms in total. The summed E-state index contributed by atoms with van der Waals surface area (Å²) < 4.78 is 0. The Morgan fingerprint density at radius 2 is 0.907 bits per heavy atom. The van der Waals surface area contributed by atoms with Crippen molar-refractivity contribution in [3.8, 4) is 22.5 Å². The van der Waals surface area contributed by atoms with E-state index in [4.69, 9.17) is 34.7 Å². The maximum atomic E-state index is 10.6. The Balaban J connectivity index is 0.000000180. The number of aromatic nitrogens is 3. The van der Waals surface area contributed by atoms with E-state index in [1.54, 1.807) is 12.1 Å². The lowest BCUT2D eigenvalue weighted by atomic mass is 10.1. The molecule has 0 aliphatic rings. The van der Waals surface area contributed by atoms with E-state index in [1.165, 1.54) is 24.3 Å². The molecule has 218 valence electrons. The number of nitrogen functional groups attached to an aromatic ring is 2. The molecule has 4 N–H and O–H groups in total. The highest BCUT2D eigenvalue weighted by Gasteiger charge is 2.15. The van der Waals surface area contributed by atoms with Gasteiger partial charge in [0.1, 0.15) is 5.15 Å². The van der Waals surface area contributed by atoms with Crippen LogP contribution in [0.4, 0.5) is 28.7 Å². The van der Waals surface area contributed by atoms with Crippen molar-refractivity contribution >= 4 is 51.9 Å². The van der Waals surface area contributed by atoms with Gasteiger partial charge in [0.2, 0.25) is 16.8 Å². The fourth-order valence-electron chi connectivity index (χ4n) is 3.32. The van der Waals surface area contributed by atoms with Gasteiger partial charge in [0, 0.05) is 29.3 Å². The van der Waals surface area contributed by atoms with Crippen molar-refractivity contribution < 1.29 is 14.8 Å². The maximum absolute atomic E-state index is 10.6. The zero-order valence-electron chi connectivity index (χ0n) is 21.8. The van der Waals surface area contributed by atoms with Gasteiger partial charge in [-0.05, 0) is 18.2 Å². The predicted molar refractivity (Wildman–Crippen MR) is 162 cm³/mol. The molecule has 0 aliphatic heterocycles. The molecule has 5 aromatic rings. The van der Waals surface area contributed by atoms with Gasteiger partial charge in [-0.2, -0.15) is 0 Å². The van der Waals surface area contributed by atoms with Crippen molar-refractivity contribution in [2.24, 2.45) is 0 Å². The van der Waals surface area contributed by atoms with Gasteiger partial charge in [0.25, 0.3) is 0 Å². The Hall–Kier alpha value is -5.73. The van der Waals surface area contributed by atoms with Crippen LogP contribution in [0.5, 0.6) is 0 Å². The lowest BCUT2D eigenvalue weighted by Gasteiger charge is -2.01. The van der Waals surface area contributed by atoms with Crippen LogP contribution in [-0.2, 0) is 0 Å². The predicted octanol–water partition coefficient (Wildman–Crippen LogP) is 6.77. The monoisotopic (exact) mass is 622 g/mol. The molecule has 3 heterocycles. The lowest BCUT2D eigenvalue weighted by molar-refractivity contribution is -0.385. The second kappa shape index (κ2) is 14.8. The van der Waals surface area contributed by atoms with Crippen LogP contribution in [0.2, 0.25) is 10.3 Å². The first-order valence-corrected chi connectivity index (χ1v) is 12.6. The number of nitrogens with two attached hydrogens (primary N) is 2. The van der Waals surface area contributed by atoms with Crippen LogP contribution in [0.1, 0.15) is 0 Å². The second-order valence-corrected chi connectivity index (χ2v) is 8.89. The largest absolute Gasteiger partial charge is 0.378 e. The van der Waals surface area contributed by atoms with Gasteiger partial charge in [-0.3, -0.25) is 30.3 Å². The summed E-state index contributed by atoms with van der Waals surface area (Å²) in [5.41, 5.74) is 13.1. The van der Waals surface area contributed by atoms with Crippen LogP contribution in [-0.4, -0.2) is 29.7 Å². The summed E-state index contributed by atoms with van der Waals surface area (Å²) in [5, 5.41) is 31.3. The molecular weight excluding hydrogens is 603 g/mol. The number of hydrogen-bond donors (Lipinski definition) is 2. The minimum Gasteiger partial charge on any atom is -0.378 e. The van der Waals surface area contributed by atoms with E-state index >= 15 is 0 Å². The summed E-state index contributed by atoms with van der Waals surface area (Å²) in [4.78, 5) is 41.1. The van der Waals surface area contributed by atoms with Crippen LogP contribution in [0.3, 0.4) is 0 Å². The van der Waals surface area contributed by atoms with Gasteiger partial charge >= 0.3 is 17.1 Å². The van der Waals surface area contributed by atoms with Crippen LogP contribution in [0, 0.1) is 30.3 Å². The third-order valence-electron chi connectivity index (χ3n) is 5.33. The fourth-order valence-corrected chi connectivity index (χ4v) is 3.70. The molecule has 0 radical (unpaired) electrons. The number of hydrogen-bond acceptors (Lipinski definition) is 11. The fraction of sp³-hybridized carbons (Fsp3) is 0. The molecule has 0 fully saturated rings. The van der Waals surface area contributed by atoms with Crippen molar-refractivity contribution in [1.82, 2.24) is 15.0 Å². The summed E-state index contributed by atoms with van der Waals surface area (Å²) >= 11 is 11.1. The van der Waals surface area contributed by atoms with Gasteiger partial charge in [0.05, 0.1) is 26.2 Å². The smallest absolute Gasteiger partial charge is 0.311 e. The van der Waals surface area contributed by atoms with E-state index in [0.29, 0.717) is 11.4 Å². The standard InChI is InChI=1S/C11H7ClN2O2.C11H9N3O2.C5H4ClN3O2/c2*12-11-10(14(15)16)7-6-9(13-11)8-4-2-1-3-5-8;6-4-2-1-3(9(10)11)5(7)8-4/h1-7H;1-7H,(H2,12,13);1-2H,(H2,7,8). The number of nitrogens with zero attached hydrogens (tertiary/aromatic N) is 6. The van der Waals surface area contributed by atoms with Crippen molar-refractivity contribution in [1.29, 1.82) is 0 Å². The molecular formula is C27H20Cl2N8O6. The first-order chi connectivity index (χ1) is 20.5. The number of anilines is 2. The van der Waals surface area contributed by atoms with Crippen LogP contribution in [0.15, 0.2) is 97.1 Å². The molecule has 16 heteroatoms. The molecule has 2 aromatic carbocycles.